The molecule has 3 N–H and O–H groups in total. The lowest BCUT2D eigenvalue weighted by atomic mass is 9.96. The first-order chi connectivity index (χ1) is 19.5. The molecule has 41 heavy (non-hydrogen) atoms. The Labute approximate surface area is 236 Å². The predicted octanol–water partition coefficient (Wildman–Crippen LogP) is 3.53. The van der Waals surface area contributed by atoms with Crippen molar-refractivity contribution in [2.75, 3.05) is 42.3 Å². The predicted molar refractivity (Wildman–Crippen MR) is 148 cm³/mol. The van der Waals surface area contributed by atoms with Gasteiger partial charge in [-0.1, -0.05) is 36.8 Å². The summed E-state index contributed by atoms with van der Waals surface area (Å²) >= 11 is 0. The number of anilines is 2. The number of sulfonamides is 1. The number of hydrogen-bond acceptors (Lipinski definition) is 8. The molecular formula is C28H32F3N5O4S. The molecule has 3 aromatic rings. The van der Waals surface area contributed by atoms with Crippen molar-refractivity contribution in [2.45, 2.75) is 49.1 Å². The van der Waals surface area contributed by atoms with Gasteiger partial charge in [0.05, 0.1) is 23.5 Å². The lowest BCUT2D eigenvalue weighted by Gasteiger charge is -2.27. The number of halogens is 3. The minimum absolute atomic E-state index is 0.245. The zero-order valence-electron chi connectivity index (χ0n) is 22.3. The number of alkyl halides is 3. The van der Waals surface area contributed by atoms with Crippen LogP contribution in [-0.4, -0.2) is 78.4 Å². The normalized spacial score (nSPS) is 21.7. The van der Waals surface area contributed by atoms with Crippen LogP contribution in [-0.2, 0) is 22.6 Å². The molecular weight excluding hydrogens is 559 g/mol. The Morgan fingerprint density at radius 1 is 0.902 bits per heavy atom. The quantitative estimate of drug-likeness (QED) is 0.424. The largest absolute Gasteiger partial charge is 0.418 e. The number of nitrogens with one attached hydrogen (secondary N) is 1. The fourth-order valence-corrected chi connectivity index (χ4v) is 6.23. The van der Waals surface area contributed by atoms with Gasteiger partial charge in [0.15, 0.2) is 5.03 Å². The Kier molecular flexibility index (Phi) is 8.50. The molecule has 0 aliphatic carbocycles. The van der Waals surface area contributed by atoms with E-state index in [1.807, 2.05) is 9.80 Å². The average molecular weight is 592 g/mol. The van der Waals surface area contributed by atoms with Gasteiger partial charge in [-0.25, -0.2) is 9.97 Å². The molecule has 220 valence electrons. The van der Waals surface area contributed by atoms with Crippen molar-refractivity contribution < 1.29 is 31.8 Å². The summed E-state index contributed by atoms with van der Waals surface area (Å²) in [5, 5.41) is 19.5. The molecule has 1 unspecified atom stereocenters. The highest BCUT2D eigenvalue weighted by Gasteiger charge is 2.35. The number of benzene rings is 1. The third kappa shape index (κ3) is 6.80. The van der Waals surface area contributed by atoms with Gasteiger partial charge in [0.25, 0.3) is 10.0 Å². The molecule has 2 aromatic heterocycles. The van der Waals surface area contributed by atoms with E-state index >= 15 is 0 Å². The van der Waals surface area contributed by atoms with Crippen LogP contribution in [0.15, 0.2) is 59.6 Å². The van der Waals surface area contributed by atoms with Gasteiger partial charge in [0, 0.05) is 38.3 Å². The van der Waals surface area contributed by atoms with Crippen LogP contribution in [0.5, 0.6) is 0 Å². The molecule has 1 aromatic carbocycles. The minimum atomic E-state index is -4.68. The van der Waals surface area contributed by atoms with Crippen LogP contribution in [0.4, 0.5) is 24.8 Å². The van der Waals surface area contributed by atoms with Gasteiger partial charge in [0.2, 0.25) is 0 Å². The van der Waals surface area contributed by atoms with Gasteiger partial charge in [-0.05, 0) is 49.1 Å². The second-order valence-corrected chi connectivity index (χ2v) is 12.0. The number of fused-ring (bicyclic) bond motifs is 6. The van der Waals surface area contributed by atoms with Crippen LogP contribution in [0.2, 0.25) is 0 Å². The lowest BCUT2D eigenvalue weighted by molar-refractivity contribution is -0.137. The summed E-state index contributed by atoms with van der Waals surface area (Å²) in [5.41, 5.74) is -0.259. The van der Waals surface area contributed by atoms with Crippen LogP contribution in [0.25, 0.3) is 11.3 Å². The Morgan fingerprint density at radius 2 is 1.66 bits per heavy atom. The third-order valence-corrected chi connectivity index (χ3v) is 8.67. The zero-order chi connectivity index (χ0) is 29.2. The summed E-state index contributed by atoms with van der Waals surface area (Å²) in [5.74, 6) is 0.191. The second-order valence-electron chi connectivity index (χ2n) is 10.4. The van der Waals surface area contributed by atoms with Crippen molar-refractivity contribution in [3.8, 4) is 11.3 Å². The fraction of sp³-hybridized carbons (Fsp3) is 0.429. The number of aliphatic hydroxyl groups excluding tert-OH is 2. The second kappa shape index (κ2) is 11.9. The number of pyridine rings is 2. The van der Waals surface area contributed by atoms with Gasteiger partial charge < -0.3 is 15.1 Å². The summed E-state index contributed by atoms with van der Waals surface area (Å²) in [6.45, 7) is 2.31. The smallest absolute Gasteiger partial charge is 0.389 e. The Morgan fingerprint density at radius 3 is 2.41 bits per heavy atom. The molecule has 0 spiro atoms. The molecule has 4 bridgehead atoms. The zero-order valence-corrected chi connectivity index (χ0v) is 23.1. The molecule has 2 atom stereocenters. The molecule has 0 saturated carbocycles. The van der Waals surface area contributed by atoms with Crippen LogP contribution in [0.1, 0.15) is 30.4 Å². The van der Waals surface area contributed by atoms with Crippen molar-refractivity contribution in [2.24, 2.45) is 0 Å². The van der Waals surface area contributed by atoms with E-state index < -0.39 is 34.0 Å². The van der Waals surface area contributed by atoms with Gasteiger partial charge in [-0.2, -0.15) is 21.6 Å². The number of rotatable bonds is 3. The number of likely N-dealkylation sites (tertiary alicyclic amines) is 1. The number of aliphatic hydroxyl groups is 2. The number of nitrogens with zero attached hydrogens (tertiary/aromatic N) is 4. The summed E-state index contributed by atoms with van der Waals surface area (Å²) < 4.78 is 70.9. The average Bonchev–Trinajstić information content (AvgIpc) is 3.25. The maximum Gasteiger partial charge on any atom is 0.418 e. The standard InChI is InChI=1S/C28H32F3N5O4S/c29-28(30,31)21-12-13-24-32-27(21)20-9-4-3-8-19(20)7-2-1-5-14-36(16-15-35-17-22(37)23(38)18-35)25-10-6-11-26(33-25)41(39,40)34-24/h3-4,6,8-13,22-23,37-38H,1-2,5,7,14-18H2,(H,32,34)/t22-,23?/m0/s1. The molecule has 0 radical (unpaired) electrons. The van der Waals surface area contributed by atoms with E-state index in [-0.39, 0.29) is 16.5 Å². The molecule has 5 rings (SSSR count). The first-order valence-electron chi connectivity index (χ1n) is 13.5. The Balaban J connectivity index is 1.50. The van der Waals surface area contributed by atoms with Crippen LogP contribution >= 0.6 is 0 Å². The van der Waals surface area contributed by atoms with E-state index in [1.54, 1.807) is 36.4 Å². The number of aryl methyl sites for hydroxylation is 1. The number of β-amino-alcohol motifs (C(OH)–C–C–N with tert-alkyl or cyclic N) is 2. The van der Waals surface area contributed by atoms with Gasteiger partial charge in [0.1, 0.15) is 11.6 Å². The van der Waals surface area contributed by atoms with E-state index in [0.29, 0.717) is 56.1 Å². The minimum Gasteiger partial charge on any atom is -0.389 e. The summed E-state index contributed by atoms with van der Waals surface area (Å²) in [4.78, 5) is 12.5. The van der Waals surface area contributed by atoms with Gasteiger partial charge in [-0.3, -0.25) is 9.62 Å². The maximum absolute atomic E-state index is 14.0. The van der Waals surface area contributed by atoms with Crippen LogP contribution in [0, 0.1) is 0 Å². The highest BCUT2D eigenvalue weighted by molar-refractivity contribution is 7.92. The van der Waals surface area contributed by atoms with E-state index in [2.05, 4.69) is 14.7 Å². The molecule has 2 aliphatic rings. The van der Waals surface area contributed by atoms with Gasteiger partial charge in [-0.15, -0.1) is 0 Å². The van der Waals surface area contributed by atoms with Crippen molar-refractivity contribution >= 4 is 21.7 Å². The Bertz CT molecular complexity index is 1480. The van der Waals surface area contributed by atoms with Crippen LogP contribution < -0.4 is 9.62 Å². The number of hydrogen-bond donors (Lipinski definition) is 3. The molecule has 1 saturated heterocycles. The highest BCUT2D eigenvalue weighted by Crippen LogP contribution is 2.38. The molecule has 13 heteroatoms. The highest BCUT2D eigenvalue weighted by atomic mass is 32.2. The van der Waals surface area contributed by atoms with Crippen LogP contribution in [0.3, 0.4) is 0 Å². The third-order valence-electron chi connectivity index (χ3n) is 7.42. The van der Waals surface area contributed by atoms with Crippen molar-refractivity contribution in [1.29, 1.82) is 0 Å². The topological polar surface area (TPSA) is 119 Å². The first-order valence-corrected chi connectivity index (χ1v) is 15.0. The van der Waals surface area contributed by atoms with E-state index in [9.17, 15) is 31.8 Å². The summed E-state index contributed by atoms with van der Waals surface area (Å²) in [6, 6.07) is 13.2. The van der Waals surface area contributed by atoms with Crippen molar-refractivity contribution in [1.82, 2.24) is 14.9 Å². The number of aromatic nitrogens is 2. The first kappa shape index (κ1) is 29.2. The van der Waals surface area contributed by atoms with Crippen molar-refractivity contribution in [3.63, 3.8) is 0 Å². The fourth-order valence-electron chi connectivity index (χ4n) is 5.27. The maximum atomic E-state index is 14.0. The molecule has 0 amide bonds. The van der Waals surface area contributed by atoms with Gasteiger partial charge >= 0.3 is 6.18 Å². The summed E-state index contributed by atoms with van der Waals surface area (Å²) in [6.07, 6.45) is -3.50. The lowest BCUT2D eigenvalue weighted by Crippen LogP contribution is -2.36. The van der Waals surface area contributed by atoms with E-state index in [4.69, 9.17) is 0 Å². The monoisotopic (exact) mass is 591 g/mol. The molecule has 1 fully saturated rings. The van der Waals surface area contributed by atoms with Crippen molar-refractivity contribution in [3.05, 3.63) is 65.7 Å². The molecule has 2 aliphatic heterocycles. The SMILES string of the molecule is O=S1(=O)Nc2ccc(C(F)(F)F)c(n2)-c2ccccc2CCCCCN(CCN2CC(O)[C@@H](O)C2)c2cccc1n2. The van der Waals surface area contributed by atoms with E-state index in [0.717, 1.165) is 31.4 Å². The molecule has 4 heterocycles. The summed E-state index contributed by atoms with van der Waals surface area (Å²) in [7, 11) is -4.29. The molecule has 9 nitrogen and oxygen atoms in total. The van der Waals surface area contributed by atoms with E-state index in [1.165, 1.54) is 6.07 Å². The Hall–Kier alpha value is -3.26.